The van der Waals surface area contributed by atoms with Crippen molar-refractivity contribution >= 4 is 18.3 Å². The summed E-state index contributed by atoms with van der Waals surface area (Å²) in [6.45, 7) is 3.59. The van der Waals surface area contributed by atoms with Crippen LogP contribution in [0.3, 0.4) is 0 Å². The highest BCUT2D eigenvalue weighted by Crippen LogP contribution is 2.30. The molecule has 1 aromatic carbocycles. The SMILES string of the molecule is CNCC(C)C(=O)N(C)CC1COc2ccccc2O1.Cl. The second-order valence-corrected chi connectivity index (χ2v) is 5.18. The summed E-state index contributed by atoms with van der Waals surface area (Å²) in [4.78, 5) is 13.9. The Balaban J connectivity index is 0.00000220. The highest BCUT2D eigenvalue weighted by atomic mass is 35.5. The molecule has 2 rings (SSSR count). The van der Waals surface area contributed by atoms with Gasteiger partial charge in [0.2, 0.25) is 5.91 Å². The molecule has 0 fully saturated rings. The van der Waals surface area contributed by atoms with Crippen molar-refractivity contribution in [1.29, 1.82) is 0 Å². The first-order chi connectivity index (χ1) is 9.61. The fraction of sp³-hybridized carbons (Fsp3) is 0.533. The molecular weight excluding hydrogens is 292 g/mol. The molecule has 1 amide bonds. The number of halogens is 1. The van der Waals surface area contributed by atoms with Gasteiger partial charge in [0.15, 0.2) is 17.6 Å². The number of likely N-dealkylation sites (N-methyl/N-ethyl adjacent to an activating group) is 1. The van der Waals surface area contributed by atoms with Crippen molar-refractivity contribution in [1.82, 2.24) is 10.2 Å². The maximum atomic E-state index is 12.1. The van der Waals surface area contributed by atoms with E-state index >= 15 is 0 Å². The van der Waals surface area contributed by atoms with E-state index in [9.17, 15) is 4.79 Å². The van der Waals surface area contributed by atoms with E-state index in [0.29, 0.717) is 19.7 Å². The van der Waals surface area contributed by atoms with Crippen molar-refractivity contribution in [3.8, 4) is 11.5 Å². The van der Waals surface area contributed by atoms with Gasteiger partial charge in [-0.25, -0.2) is 0 Å². The number of nitrogens with one attached hydrogen (secondary N) is 1. The molecule has 1 N–H and O–H groups in total. The van der Waals surface area contributed by atoms with Gasteiger partial charge in [0.05, 0.1) is 6.54 Å². The largest absolute Gasteiger partial charge is 0.486 e. The van der Waals surface area contributed by atoms with Crippen LogP contribution in [0.4, 0.5) is 0 Å². The van der Waals surface area contributed by atoms with Gasteiger partial charge in [0.1, 0.15) is 6.61 Å². The lowest BCUT2D eigenvalue weighted by atomic mass is 10.1. The molecule has 0 radical (unpaired) electrons. The first-order valence-electron chi connectivity index (χ1n) is 6.90. The summed E-state index contributed by atoms with van der Waals surface area (Å²) in [7, 11) is 3.65. The van der Waals surface area contributed by atoms with E-state index in [-0.39, 0.29) is 30.3 Å². The number of amides is 1. The third-order valence-electron chi connectivity index (χ3n) is 3.35. The van der Waals surface area contributed by atoms with Crippen molar-refractivity contribution in [2.24, 2.45) is 5.92 Å². The molecule has 0 aliphatic carbocycles. The summed E-state index contributed by atoms with van der Waals surface area (Å²) >= 11 is 0. The Labute approximate surface area is 132 Å². The molecule has 1 aromatic rings. The molecule has 0 spiro atoms. The molecule has 2 unspecified atom stereocenters. The van der Waals surface area contributed by atoms with Gasteiger partial charge in [-0.05, 0) is 19.2 Å². The smallest absolute Gasteiger partial charge is 0.226 e. The zero-order valence-corrected chi connectivity index (χ0v) is 13.5. The van der Waals surface area contributed by atoms with Crippen LogP contribution in [0.5, 0.6) is 11.5 Å². The normalized spacial score (nSPS) is 17.6. The van der Waals surface area contributed by atoms with Gasteiger partial charge < -0.3 is 19.7 Å². The lowest BCUT2D eigenvalue weighted by Gasteiger charge is -2.30. The van der Waals surface area contributed by atoms with E-state index in [2.05, 4.69) is 5.32 Å². The Kier molecular flexibility index (Phi) is 6.78. The molecule has 0 bridgehead atoms. The van der Waals surface area contributed by atoms with Crippen LogP contribution in [0.1, 0.15) is 6.92 Å². The Morgan fingerprint density at radius 3 is 2.76 bits per heavy atom. The van der Waals surface area contributed by atoms with E-state index < -0.39 is 0 Å². The number of para-hydroxylation sites is 2. The predicted octanol–water partition coefficient (Wildman–Crippen LogP) is 1.56. The zero-order valence-electron chi connectivity index (χ0n) is 12.7. The average Bonchev–Trinajstić information content (AvgIpc) is 2.46. The van der Waals surface area contributed by atoms with Crippen LogP contribution in [-0.4, -0.2) is 50.7 Å². The minimum Gasteiger partial charge on any atom is -0.486 e. The predicted molar refractivity (Wildman–Crippen MR) is 84.3 cm³/mol. The Morgan fingerprint density at radius 2 is 2.10 bits per heavy atom. The molecule has 0 saturated carbocycles. The fourth-order valence-electron chi connectivity index (χ4n) is 2.32. The number of hydrogen-bond acceptors (Lipinski definition) is 4. The third-order valence-corrected chi connectivity index (χ3v) is 3.35. The van der Waals surface area contributed by atoms with Crippen molar-refractivity contribution in [3.63, 3.8) is 0 Å². The first-order valence-corrected chi connectivity index (χ1v) is 6.90. The van der Waals surface area contributed by atoms with Crippen molar-refractivity contribution in [2.45, 2.75) is 13.0 Å². The second-order valence-electron chi connectivity index (χ2n) is 5.18. The highest BCUT2D eigenvalue weighted by molar-refractivity contribution is 5.85. The molecule has 1 aliphatic rings. The maximum Gasteiger partial charge on any atom is 0.226 e. The number of ether oxygens (including phenoxy) is 2. The van der Waals surface area contributed by atoms with Crippen LogP contribution in [0.2, 0.25) is 0 Å². The number of benzene rings is 1. The fourth-order valence-corrected chi connectivity index (χ4v) is 2.32. The standard InChI is InChI=1S/C15H22N2O3.ClH/c1-11(8-16-2)15(18)17(3)9-12-10-19-13-6-4-5-7-14(13)20-12;/h4-7,11-12,16H,8-10H2,1-3H3;1H. The molecule has 1 heterocycles. The number of carbonyl (C=O) groups excluding carboxylic acids is 1. The van der Waals surface area contributed by atoms with Crippen LogP contribution < -0.4 is 14.8 Å². The average molecular weight is 315 g/mol. The van der Waals surface area contributed by atoms with Crippen LogP contribution in [0.15, 0.2) is 24.3 Å². The maximum absolute atomic E-state index is 12.1. The summed E-state index contributed by atoms with van der Waals surface area (Å²) in [5.74, 6) is 1.58. The molecular formula is C15H23ClN2O3. The topological polar surface area (TPSA) is 50.8 Å². The number of rotatable bonds is 5. The molecule has 1 aliphatic heterocycles. The van der Waals surface area contributed by atoms with Gasteiger partial charge >= 0.3 is 0 Å². The summed E-state index contributed by atoms with van der Waals surface area (Å²) in [6, 6.07) is 7.59. The number of hydrogen-bond donors (Lipinski definition) is 1. The van der Waals surface area contributed by atoms with E-state index in [1.165, 1.54) is 0 Å². The number of fused-ring (bicyclic) bond motifs is 1. The lowest BCUT2D eigenvalue weighted by molar-refractivity contribution is -0.134. The van der Waals surface area contributed by atoms with E-state index in [0.717, 1.165) is 11.5 Å². The van der Waals surface area contributed by atoms with Gasteiger partial charge in [0, 0.05) is 19.5 Å². The molecule has 21 heavy (non-hydrogen) atoms. The van der Waals surface area contributed by atoms with E-state index in [4.69, 9.17) is 9.47 Å². The summed E-state index contributed by atoms with van der Waals surface area (Å²) in [5.41, 5.74) is 0. The lowest BCUT2D eigenvalue weighted by Crippen LogP contribution is -2.44. The quantitative estimate of drug-likeness (QED) is 0.896. The second kappa shape index (κ2) is 8.10. The van der Waals surface area contributed by atoms with Crippen molar-refractivity contribution < 1.29 is 14.3 Å². The molecule has 5 nitrogen and oxygen atoms in total. The first kappa shape index (κ1) is 17.6. The van der Waals surface area contributed by atoms with Crippen molar-refractivity contribution in [3.05, 3.63) is 24.3 Å². The Hall–Kier alpha value is -1.46. The molecule has 118 valence electrons. The summed E-state index contributed by atoms with van der Waals surface area (Å²) < 4.78 is 11.5. The van der Waals surface area contributed by atoms with Gasteiger partial charge in [-0.2, -0.15) is 0 Å². The van der Waals surface area contributed by atoms with Crippen LogP contribution >= 0.6 is 12.4 Å². The third kappa shape index (κ3) is 4.51. The summed E-state index contributed by atoms with van der Waals surface area (Å²) in [5, 5.41) is 3.02. The van der Waals surface area contributed by atoms with Crippen LogP contribution in [0, 0.1) is 5.92 Å². The Morgan fingerprint density at radius 1 is 1.43 bits per heavy atom. The van der Waals surface area contributed by atoms with E-state index in [1.807, 2.05) is 38.2 Å². The molecule has 2 atom stereocenters. The molecule has 6 heteroatoms. The zero-order chi connectivity index (χ0) is 14.5. The minimum absolute atomic E-state index is 0. The van der Waals surface area contributed by atoms with E-state index in [1.54, 1.807) is 11.9 Å². The minimum atomic E-state index is -0.124. The van der Waals surface area contributed by atoms with Crippen LogP contribution in [-0.2, 0) is 4.79 Å². The number of nitrogens with zero attached hydrogens (tertiary/aromatic N) is 1. The van der Waals surface area contributed by atoms with Crippen molar-refractivity contribution in [2.75, 3.05) is 33.8 Å². The molecule has 0 saturated heterocycles. The highest BCUT2D eigenvalue weighted by Gasteiger charge is 2.25. The van der Waals surface area contributed by atoms with Gasteiger partial charge in [-0.3, -0.25) is 4.79 Å². The van der Waals surface area contributed by atoms with Gasteiger partial charge in [0.25, 0.3) is 0 Å². The van der Waals surface area contributed by atoms with Gasteiger partial charge in [-0.15, -0.1) is 12.4 Å². The van der Waals surface area contributed by atoms with Crippen LogP contribution in [0.25, 0.3) is 0 Å². The monoisotopic (exact) mass is 314 g/mol. The summed E-state index contributed by atoms with van der Waals surface area (Å²) in [6.07, 6.45) is -0.124. The Bertz CT molecular complexity index is 470. The number of carbonyl (C=O) groups is 1. The van der Waals surface area contributed by atoms with Gasteiger partial charge in [-0.1, -0.05) is 19.1 Å². The molecule has 0 aromatic heterocycles.